The molecule has 6 nitrogen and oxygen atoms in total. The molecule has 158 valence electrons. The molecule has 2 N–H and O–H groups in total. The highest BCUT2D eigenvalue weighted by Gasteiger charge is 2.27. The number of carbonyl (C=O) groups excluding carboxylic acids is 2. The van der Waals surface area contributed by atoms with Gasteiger partial charge < -0.3 is 15.0 Å². The molecule has 0 radical (unpaired) electrons. The molecular weight excluding hydrogens is 406 g/mol. The number of thiophene rings is 1. The number of anilines is 1. The maximum absolute atomic E-state index is 12.6. The Morgan fingerprint density at radius 3 is 2.83 bits per heavy atom. The first-order valence-electron chi connectivity index (χ1n) is 10.3. The summed E-state index contributed by atoms with van der Waals surface area (Å²) in [7, 11) is 0. The summed E-state index contributed by atoms with van der Waals surface area (Å²) in [6.07, 6.45) is 7.21. The second kappa shape index (κ2) is 10.3. The van der Waals surface area contributed by atoms with E-state index in [2.05, 4.69) is 22.2 Å². The second-order valence-electron chi connectivity index (χ2n) is 7.19. The van der Waals surface area contributed by atoms with E-state index in [1.165, 1.54) is 28.0 Å². The molecule has 2 aromatic rings. The molecule has 0 saturated carbocycles. The highest BCUT2D eigenvalue weighted by Crippen LogP contribution is 2.38. The van der Waals surface area contributed by atoms with Crippen LogP contribution in [0, 0.1) is 6.92 Å². The number of nitrogens with zero attached hydrogens (tertiary/aromatic N) is 1. The smallest absolute Gasteiger partial charge is 0.341 e. The Morgan fingerprint density at radius 2 is 2.07 bits per heavy atom. The van der Waals surface area contributed by atoms with E-state index >= 15 is 0 Å². The van der Waals surface area contributed by atoms with Gasteiger partial charge in [0.1, 0.15) is 5.00 Å². The number of aromatic amines is 1. The Morgan fingerprint density at radius 1 is 1.28 bits per heavy atom. The average molecular weight is 436 g/mol. The fraction of sp³-hybridized carbons (Fsp3) is 0.571. The molecule has 0 unspecified atom stereocenters. The molecule has 0 saturated heterocycles. The predicted octanol–water partition coefficient (Wildman–Crippen LogP) is 4.91. The van der Waals surface area contributed by atoms with Gasteiger partial charge in [-0.3, -0.25) is 4.79 Å². The van der Waals surface area contributed by atoms with Crippen LogP contribution in [0.15, 0.2) is 5.16 Å². The van der Waals surface area contributed by atoms with Crippen LogP contribution < -0.4 is 5.32 Å². The third kappa shape index (κ3) is 5.42. The summed E-state index contributed by atoms with van der Waals surface area (Å²) in [6.45, 7) is 6.30. The van der Waals surface area contributed by atoms with Crippen molar-refractivity contribution in [2.75, 3.05) is 17.7 Å². The summed E-state index contributed by atoms with van der Waals surface area (Å²) >= 11 is 2.90. The van der Waals surface area contributed by atoms with Gasteiger partial charge >= 0.3 is 5.97 Å². The Labute approximate surface area is 180 Å². The lowest BCUT2D eigenvalue weighted by Crippen LogP contribution is -2.17. The van der Waals surface area contributed by atoms with Crippen LogP contribution in [0.25, 0.3) is 0 Å². The molecule has 3 rings (SSSR count). The molecule has 1 aliphatic carbocycles. The number of unbranched alkanes of at least 4 members (excludes halogenated alkanes) is 1. The molecule has 1 aliphatic rings. The van der Waals surface area contributed by atoms with E-state index in [9.17, 15) is 9.59 Å². The van der Waals surface area contributed by atoms with Gasteiger partial charge in [-0.15, -0.1) is 11.3 Å². The largest absolute Gasteiger partial charge is 0.462 e. The van der Waals surface area contributed by atoms with Gasteiger partial charge in [0.15, 0.2) is 5.16 Å². The zero-order valence-electron chi connectivity index (χ0n) is 17.4. The third-order valence-electron chi connectivity index (χ3n) is 4.97. The number of fused-ring (bicyclic) bond motifs is 1. The minimum Gasteiger partial charge on any atom is -0.462 e. The van der Waals surface area contributed by atoms with Crippen molar-refractivity contribution in [3.8, 4) is 0 Å². The van der Waals surface area contributed by atoms with E-state index < -0.39 is 0 Å². The molecule has 1 amide bonds. The standard InChI is InChI=1S/C21H29N3O3S2/c1-4-6-10-15-13(3)22-21(23-15)28-12-17(25)24-19-18(20(26)27-5-2)14-9-7-8-11-16(14)29-19/h4-12H2,1-3H3,(H,22,23)(H,24,25). The number of carbonyl (C=O) groups is 2. The molecule has 2 heterocycles. The van der Waals surface area contributed by atoms with Crippen molar-refractivity contribution in [1.29, 1.82) is 0 Å². The zero-order valence-corrected chi connectivity index (χ0v) is 19.0. The van der Waals surface area contributed by atoms with Gasteiger partial charge in [0.2, 0.25) is 5.91 Å². The third-order valence-corrected chi connectivity index (χ3v) is 7.06. The zero-order chi connectivity index (χ0) is 20.8. The number of hydrogen-bond donors (Lipinski definition) is 2. The lowest BCUT2D eigenvalue weighted by atomic mass is 9.95. The Bertz CT molecular complexity index is 873. The molecule has 8 heteroatoms. The molecule has 0 atom stereocenters. The van der Waals surface area contributed by atoms with Crippen molar-refractivity contribution in [1.82, 2.24) is 9.97 Å². The highest BCUT2D eigenvalue weighted by molar-refractivity contribution is 7.99. The lowest BCUT2D eigenvalue weighted by molar-refractivity contribution is -0.113. The minimum atomic E-state index is -0.336. The van der Waals surface area contributed by atoms with E-state index in [0.717, 1.165) is 67.1 Å². The molecule has 29 heavy (non-hydrogen) atoms. The molecule has 0 fully saturated rings. The van der Waals surface area contributed by atoms with E-state index in [1.807, 2.05) is 6.92 Å². The van der Waals surface area contributed by atoms with Gasteiger partial charge in [-0.2, -0.15) is 0 Å². The van der Waals surface area contributed by atoms with Crippen LogP contribution in [0.4, 0.5) is 5.00 Å². The monoisotopic (exact) mass is 435 g/mol. The van der Waals surface area contributed by atoms with Crippen molar-refractivity contribution in [3.63, 3.8) is 0 Å². The SMILES string of the molecule is CCCCc1nc(SCC(=O)Nc2sc3c(c2C(=O)OCC)CCCC3)[nH]c1C. The van der Waals surface area contributed by atoms with Crippen LogP contribution in [0.5, 0.6) is 0 Å². The first-order valence-corrected chi connectivity index (χ1v) is 12.1. The first kappa shape index (κ1) is 21.9. The van der Waals surface area contributed by atoms with Crippen LogP contribution in [0.1, 0.15) is 71.7 Å². The number of nitrogens with one attached hydrogen (secondary N) is 2. The fourth-order valence-electron chi connectivity index (χ4n) is 3.49. The Balaban J connectivity index is 1.66. The van der Waals surface area contributed by atoms with Crippen LogP contribution in [-0.4, -0.2) is 34.2 Å². The Hall–Kier alpha value is -1.80. The molecule has 0 spiro atoms. The van der Waals surface area contributed by atoms with Gasteiger partial charge in [0.25, 0.3) is 0 Å². The molecule has 0 aromatic carbocycles. The van der Waals surface area contributed by atoms with Crippen molar-refractivity contribution >= 4 is 40.0 Å². The number of ether oxygens (including phenoxy) is 1. The average Bonchev–Trinajstić information content (AvgIpc) is 3.24. The van der Waals surface area contributed by atoms with Crippen molar-refractivity contribution in [2.24, 2.45) is 0 Å². The first-order chi connectivity index (χ1) is 14.0. The highest BCUT2D eigenvalue weighted by atomic mass is 32.2. The number of aryl methyl sites for hydroxylation is 3. The van der Waals surface area contributed by atoms with Crippen molar-refractivity contribution in [3.05, 3.63) is 27.4 Å². The van der Waals surface area contributed by atoms with E-state index in [0.29, 0.717) is 17.2 Å². The summed E-state index contributed by atoms with van der Waals surface area (Å²) in [6, 6.07) is 0. The van der Waals surface area contributed by atoms with Gasteiger partial charge in [0, 0.05) is 10.6 Å². The van der Waals surface area contributed by atoms with Crippen molar-refractivity contribution < 1.29 is 14.3 Å². The van der Waals surface area contributed by atoms with Crippen LogP contribution in [-0.2, 0) is 28.8 Å². The Kier molecular flexibility index (Phi) is 7.77. The quantitative estimate of drug-likeness (QED) is 0.432. The molecular formula is C21H29N3O3S2. The maximum Gasteiger partial charge on any atom is 0.341 e. The number of H-pyrrole nitrogens is 1. The van der Waals surface area contributed by atoms with E-state index in [-0.39, 0.29) is 17.6 Å². The molecule has 0 aliphatic heterocycles. The summed E-state index contributed by atoms with van der Waals surface area (Å²) in [5, 5.41) is 4.34. The molecule has 2 aromatic heterocycles. The normalized spacial score (nSPS) is 13.2. The van der Waals surface area contributed by atoms with E-state index in [4.69, 9.17) is 4.74 Å². The predicted molar refractivity (Wildman–Crippen MR) is 118 cm³/mol. The van der Waals surface area contributed by atoms with Gasteiger partial charge in [-0.25, -0.2) is 9.78 Å². The number of imidazole rings is 1. The van der Waals surface area contributed by atoms with Gasteiger partial charge in [0.05, 0.1) is 23.6 Å². The van der Waals surface area contributed by atoms with Crippen LogP contribution in [0.3, 0.4) is 0 Å². The van der Waals surface area contributed by atoms with Gasteiger partial charge in [-0.1, -0.05) is 25.1 Å². The topological polar surface area (TPSA) is 84.1 Å². The number of amides is 1. The summed E-state index contributed by atoms with van der Waals surface area (Å²) in [5.41, 5.74) is 3.76. The molecule has 0 bridgehead atoms. The second-order valence-corrected chi connectivity index (χ2v) is 9.26. The summed E-state index contributed by atoms with van der Waals surface area (Å²) in [4.78, 5) is 34.1. The number of rotatable bonds is 9. The lowest BCUT2D eigenvalue weighted by Gasteiger charge is -2.12. The summed E-state index contributed by atoms with van der Waals surface area (Å²) < 4.78 is 5.25. The number of hydrogen-bond acceptors (Lipinski definition) is 6. The maximum atomic E-state index is 12.6. The number of esters is 1. The van der Waals surface area contributed by atoms with E-state index in [1.54, 1.807) is 6.92 Å². The van der Waals surface area contributed by atoms with Gasteiger partial charge in [-0.05, 0) is 57.9 Å². The minimum absolute atomic E-state index is 0.136. The number of thioether (sulfide) groups is 1. The van der Waals surface area contributed by atoms with Crippen LogP contribution in [0.2, 0.25) is 0 Å². The van der Waals surface area contributed by atoms with Crippen molar-refractivity contribution in [2.45, 2.75) is 70.9 Å². The summed E-state index contributed by atoms with van der Waals surface area (Å²) in [5.74, 6) is -0.231. The van der Waals surface area contributed by atoms with Crippen LogP contribution >= 0.6 is 23.1 Å². The fourth-order valence-corrected chi connectivity index (χ4v) is 5.53. The number of aromatic nitrogens is 2.